The molecule has 0 amide bonds. The maximum Gasteiger partial charge on any atom is 0.186 e. The van der Waals surface area contributed by atoms with E-state index in [0.29, 0.717) is 17.9 Å². The van der Waals surface area contributed by atoms with Gasteiger partial charge in [0.25, 0.3) is 0 Å². The van der Waals surface area contributed by atoms with Crippen LogP contribution in [0.3, 0.4) is 0 Å². The summed E-state index contributed by atoms with van der Waals surface area (Å²) in [5.41, 5.74) is 0. The Kier molecular flexibility index (Phi) is 1.90. The summed E-state index contributed by atoms with van der Waals surface area (Å²) in [5, 5.41) is 0.372. The van der Waals surface area contributed by atoms with Gasteiger partial charge in [-0.15, -0.1) is 0 Å². The predicted molar refractivity (Wildman–Crippen MR) is 34.0 cm³/mol. The molecule has 0 aromatic carbocycles. The standard InChI is InChI=1S/C6H5ClO2/c7-5-2-1-3-9-6(5)4-8/h1-2,4H,3H2. The lowest BCUT2D eigenvalue weighted by molar-refractivity contribution is -0.107. The minimum Gasteiger partial charge on any atom is -0.485 e. The van der Waals surface area contributed by atoms with Crippen LogP contribution < -0.4 is 0 Å². The second-order valence-corrected chi connectivity index (χ2v) is 1.95. The van der Waals surface area contributed by atoms with Crippen LogP contribution in [0.2, 0.25) is 0 Å². The molecule has 2 nitrogen and oxygen atoms in total. The van der Waals surface area contributed by atoms with E-state index >= 15 is 0 Å². The molecule has 0 spiro atoms. The van der Waals surface area contributed by atoms with E-state index in [1.165, 1.54) is 0 Å². The number of hydrogen-bond acceptors (Lipinski definition) is 2. The zero-order valence-corrected chi connectivity index (χ0v) is 5.39. The third-order valence-corrected chi connectivity index (χ3v) is 1.25. The van der Waals surface area contributed by atoms with E-state index in [9.17, 15) is 4.79 Å². The van der Waals surface area contributed by atoms with Gasteiger partial charge in [-0.25, -0.2) is 0 Å². The molecule has 0 unspecified atom stereocenters. The van der Waals surface area contributed by atoms with E-state index < -0.39 is 0 Å². The number of hydrogen-bond donors (Lipinski definition) is 0. The average molecular weight is 145 g/mol. The molecule has 1 heterocycles. The molecule has 0 aliphatic carbocycles. The van der Waals surface area contributed by atoms with Gasteiger partial charge in [0.15, 0.2) is 12.0 Å². The number of aldehydes is 1. The summed E-state index contributed by atoms with van der Waals surface area (Å²) in [6.45, 7) is 0.435. The van der Waals surface area contributed by atoms with E-state index in [1.807, 2.05) is 0 Å². The van der Waals surface area contributed by atoms with Crippen molar-refractivity contribution in [3.05, 3.63) is 22.9 Å². The third-order valence-electron chi connectivity index (χ3n) is 0.942. The van der Waals surface area contributed by atoms with E-state index in [4.69, 9.17) is 16.3 Å². The lowest BCUT2D eigenvalue weighted by Gasteiger charge is -2.06. The van der Waals surface area contributed by atoms with Crippen LogP contribution in [-0.2, 0) is 9.53 Å². The first-order valence-electron chi connectivity index (χ1n) is 2.49. The topological polar surface area (TPSA) is 26.3 Å². The van der Waals surface area contributed by atoms with Gasteiger partial charge in [0.1, 0.15) is 6.61 Å². The Balaban J connectivity index is 2.84. The molecular formula is C6H5ClO2. The Morgan fingerprint density at radius 2 is 2.56 bits per heavy atom. The quantitative estimate of drug-likeness (QED) is 0.518. The summed E-state index contributed by atoms with van der Waals surface area (Å²) in [7, 11) is 0. The van der Waals surface area contributed by atoms with Crippen LogP contribution in [0, 0.1) is 0 Å². The molecule has 1 aliphatic rings. The van der Waals surface area contributed by atoms with Crippen LogP contribution in [0.4, 0.5) is 0 Å². The summed E-state index contributed by atoms with van der Waals surface area (Å²) in [4.78, 5) is 10.1. The van der Waals surface area contributed by atoms with Crippen LogP contribution in [-0.4, -0.2) is 12.9 Å². The molecule has 0 N–H and O–H groups in total. The highest BCUT2D eigenvalue weighted by Crippen LogP contribution is 2.14. The molecule has 1 rings (SSSR count). The maximum absolute atomic E-state index is 10.1. The minimum atomic E-state index is 0.221. The van der Waals surface area contributed by atoms with Crippen LogP contribution in [0.15, 0.2) is 22.9 Å². The second kappa shape index (κ2) is 2.69. The van der Waals surface area contributed by atoms with Gasteiger partial charge in [-0.05, 0) is 12.2 Å². The van der Waals surface area contributed by atoms with Crippen LogP contribution in [0.25, 0.3) is 0 Å². The number of rotatable bonds is 1. The van der Waals surface area contributed by atoms with Gasteiger partial charge in [0, 0.05) is 0 Å². The first-order chi connectivity index (χ1) is 4.34. The molecule has 0 saturated heterocycles. The van der Waals surface area contributed by atoms with Crippen molar-refractivity contribution in [3.8, 4) is 0 Å². The van der Waals surface area contributed by atoms with E-state index in [2.05, 4.69) is 0 Å². The van der Waals surface area contributed by atoms with Crippen molar-refractivity contribution in [1.82, 2.24) is 0 Å². The van der Waals surface area contributed by atoms with Crippen molar-refractivity contribution in [2.24, 2.45) is 0 Å². The van der Waals surface area contributed by atoms with Crippen LogP contribution >= 0.6 is 11.6 Å². The summed E-state index contributed by atoms with van der Waals surface area (Å²) < 4.78 is 4.83. The monoisotopic (exact) mass is 144 g/mol. The highest BCUT2D eigenvalue weighted by atomic mass is 35.5. The molecule has 9 heavy (non-hydrogen) atoms. The molecule has 0 aromatic rings. The lowest BCUT2D eigenvalue weighted by Crippen LogP contribution is -1.99. The molecule has 0 atom stereocenters. The molecule has 0 saturated carbocycles. The van der Waals surface area contributed by atoms with Crippen molar-refractivity contribution < 1.29 is 9.53 Å². The maximum atomic E-state index is 10.1. The average Bonchev–Trinajstić information content (AvgIpc) is 1.89. The van der Waals surface area contributed by atoms with Crippen molar-refractivity contribution in [3.63, 3.8) is 0 Å². The fourth-order valence-electron chi connectivity index (χ4n) is 0.531. The summed E-state index contributed by atoms with van der Waals surface area (Å²) >= 11 is 5.52. The Labute approximate surface area is 57.8 Å². The molecule has 0 radical (unpaired) electrons. The van der Waals surface area contributed by atoms with Crippen molar-refractivity contribution in [1.29, 1.82) is 0 Å². The van der Waals surface area contributed by atoms with Gasteiger partial charge >= 0.3 is 0 Å². The molecule has 0 fully saturated rings. The molecule has 3 heteroatoms. The third kappa shape index (κ3) is 1.33. The van der Waals surface area contributed by atoms with E-state index in [-0.39, 0.29) is 5.76 Å². The zero-order valence-electron chi connectivity index (χ0n) is 4.63. The Morgan fingerprint density at radius 3 is 3.00 bits per heavy atom. The second-order valence-electron chi connectivity index (χ2n) is 1.54. The highest BCUT2D eigenvalue weighted by molar-refractivity contribution is 6.32. The van der Waals surface area contributed by atoms with Gasteiger partial charge in [-0.3, -0.25) is 4.79 Å². The Bertz CT molecular complexity index is 181. The molecule has 48 valence electrons. The normalized spacial score (nSPS) is 17.4. The van der Waals surface area contributed by atoms with E-state index in [1.54, 1.807) is 12.2 Å². The van der Waals surface area contributed by atoms with Crippen LogP contribution in [0.5, 0.6) is 0 Å². The van der Waals surface area contributed by atoms with Crippen LogP contribution in [0.1, 0.15) is 0 Å². The fourth-order valence-corrected chi connectivity index (χ4v) is 0.719. The van der Waals surface area contributed by atoms with Gasteiger partial charge in [0.2, 0.25) is 0 Å². The van der Waals surface area contributed by atoms with Crippen molar-refractivity contribution in [2.45, 2.75) is 0 Å². The summed E-state index contributed by atoms with van der Waals surface area (Å²) in [6.07, 6.45) is 4.00. The van der Waals surface area contributed by atoms with Gasteiger partial charge in [-0.1, -0.05) is 11.6 Å². The number of ether oxygens (including phenoxy) is 1. The smallest absolute Gasteiger partial charge is 0.186 e. The predicted octanol–water partition coefficient (Wildman–Crippen LogP) is 1.22. The molecule has 0 bridgehead atoms. The van der Waals surface area contributed by atoms with Crippen molar-refractivity contribution in [2.75, 3.05) is 6.61 Å². The van der Waals surface area contributed by atoms with Gasteiger partial charge in [-0.2, -0.15) is 0 Å². The molecule has 0 aromatic heterocycles. The molecular weight excluding hydrogens is 140 g/mol. The summed E-state index contributed by atoms with van der Waals surface area (Å²) in [6, 6.07) is 0. The largest absolute Gasteiger partial charge is 0.485 e. The Morgan fingerprint density at radius 1 is 1.78 bits per heavy atom. The Hall–Kier alpha value is -0.760. The van der Waals surface area contributed by atoms with E-state index in [0.717, 1.165) is 0 Å². The number of carbonyl (C=O) groups is 1. The SMILES string of the molecule is O=CC1=C(Cl)C=CCO1. The summed E-state index contributed by atoms with van der Waals surface area (Å²) in [5.74, 6) is 0.221. The fraction of sp³-hybridized carbons (Fsp3) is 0.167. The first kappa shape index (κ1) is 6.36. The first-order valence-corrected chi connectivity index (χ1v) is 2.86. The minimum absolute atomic E-state index is 0.221. The number of carbonyl (C=O) groups excluding carboxylic acids is 1. The van der Waals surface area contributed by atoms with Gasteiger partial charge in [0.05, 0.1) is 5.03 Å². The number of halogens is 1. The highest BCUT2D eigenvalue weighted by Gasteiger charge is 2.04. The lowest BCUT2D eigenvalue weighted by atomic mass is 10.4. The van der Waals surface area contributed by atoms with Gasteiger partial charge < -0.3 is 4.74 Å². The van der Waals surface area contributed by atoms with Crippen molar-refractivity contribution >= 4 is 17.9 Å². The molecule has 1 aliphatic heterocycles. The zero-order chi connectivity index (χ0) is 6.69. The number of allylic oxidation sites excluding steroid dienone is 3.